The fraction of sp³-hybridized carbons (Fsp3) is 0. The van der Waals surface area contributed by atoms with Gasteiger partial charge in [0.25, 0.3) is 0 Å². The summed E-state index contributed by atoms with van der Waals surface area (Å²) in [7, 11) is 0. The zero-order chi connectivity index (χ0) is 3.58. The fourth-order valence-corrected chi connectivity index (χ4v) is 0. The molecule has 0 saturated heterocycles. The van der Waals surface area contributed by atoms with Crippen LogP contribution in [0.3, 0.4) is 0 Å². The SMILES string of the molecule is [F][Fe]([F])[F].[PbH2]. The molecule has 0 heterocycles. The van der Waals surface area contributed by atoms with Gasteiger partial charge in [0.1, 0.15) is 0 Å². The number of hydrogen-bond donors (Lipinski definition) is 0. The summed E-state index contributed by atoms with van der Waals surface area (Å²) < 4.78 is 29.2. The predicted molar refractivity (Wildman–Crippen MR) is 11.9 cm³/mol. The Balaban J connectivity index is 0. The third-order valence-corrected chi connectivity index (χ3v) is 0. The Kier molecular flexibility index (Phi) is 9.97. The molecule has 0 aliphatic rings. The Hall–Kier alpha value is 1.23. The van der Waals surface area contributed by atoms with E-state index in [9.17, 15) is 10.7 Å². The maximum absolute atomic E-state index is 9.75. The van der Waals surface area contributed by atoms with E-state index in [1.807, 2.05) is 0 Å². The Bertz CT molecular complexity index is 11.6. The van der Waals surface area contributed by atoms with Crippen LogP contribution in [0.2, 0.25) is 0 Å². The van der Waals surface area contributed by atoms with Crippen LogP contribution >= 0.6 is 0 Å². The van der Waals surface area contributed by atoms with Crippen LogP contribution in [0, 0.1) is 0 Å². The second kappa shape index (κ2) is 5.23. The van der Waals surface area contributed by atoms with Gasteiger partial charge in [-0.05, 0) is 0 Å². The molecule has 0 aliphatic carbocycles. The van der Waals surface area contributed by atoms with Crippen LogP contribution in [0.1, 0.15) is 0 Å². The van der Waals surface area contributed by atoms with Gasteiger partial charge in [-0.3, -0.25) is 0 Å². The second-order valence-corrected chi connectivity index (χ2v) is 0.625. The summed E-state index contributed by atoms with van der Waals surface area (Å²) in [6.07, 6.45) is 0. The molecule has 0 bridgehead atoms. The van der Waals surface area contributed by atoms with Crippen molar-refractivity contribution in [1.82, 2.24) is 0 Å². The van der Waals surface area contributed by atoms with E-state index in [4.69, 9.17) is 0 Å². The van der Waals surface area contributed by atoms with Gasteiger partial charge in [-0.25, -0.2) is 0 Å². The molecule has 0 saturated carbocycles. The Morgan fingerprint density at radius 1 is 1.00 bits per heavy atom. The van der Waals surface area contributed by atoms with Gasteiger partial charge in [-0.1, -0.05) is 0 Å². The van der Waals surface area contributed by atoms with E-state index in [1.165, 1.54) is 0 Å². The van der Waals surface area contributed by atoms with Crippen LogP contribution in [-0.4, -0.2) is 27.3 Å². The van der Waals surface area contributed by atoms with E-state index >= 15 is 0 Å². The standard InChI is InChI=1S/3FH.Fe.Pb.2H/h3*1H;;;;/q;;;+3;;;/p-3. The molecule has 0 fully saturated rings. The molecule has 0 atom stereocenters. The summed E-state index contributed by atoms with van der Waals surface area (Å²) in [5, 5.41) is 0. The first kappa shape index (κ1) is 9.52. The van der Waals surface area contributed by atoms with Gasteiger partial charge < -0.3 is 0 Å². The van der Waals surface area contributed by atoms with Gasteiger partial charge in [-0.15, -0.1) is 0 Å². The van der Waals surface area contributed by atoms with E-state index in [0.29, 0.717) is 0 Å². The quantitative estimate of drug-likeness (QED) is 0.565. The van der Waals surface area contributed by atoms with Crippen LogP contribution in [-0.2, 0) is 15.3 Å². The van der Waals surface area contributed by atoms with E-state index in [0.717, 1.165) is 0 Å². The number of halogens is 3. The summed E-state index contributed by atoms with van der Waals surface area (Å²) in [6, 6.07) is 0. The molecular formula is H2F3FePb. The summed E-state index contributed by atoms with van der Waals surface area (Å²) >= 11 is -4.25. The van der Waals surface area contributed by atoms with Crippen molar-refractivity contribution in [3.8, 4) is 0 Å². The van der Waals surface area contributed by atoms with Gasteiger partial charge in [0.2, 0.25) is 0 Å². The monoisotopic (exact) mass is 323 g/mol. The van der Waals surface area contributed by atoms with Crippen molar-refractivity contribution in [3.63, 3.8) is 0 Å². The molecule has 5 heavy (non-hydrogen) atoms. The van der Waals surface area contributed by atoms with Crippen molar-refractivity contribution in [1.29, 1.82) is 0 Å². The van der Waals surface area contributed by atoms with Crippen LogP contribution in [0.25, 0.3) is 0 Å². The molecule has 0 unspecified atom stereocenters. The first-order chi connectivity index (χ1) is 1.73. The van der Waals surface area contributed by atoms with E-state index < -0.39 is 15.3 Å². The molecular weight excluding hydrogens is 320 g/mol. The average Bonchev–Trinajstić information content (AvgIpc) is 0.811. The Morgan fingerprint density at radius 2 is 1.00 bits per heavy atom. The Labute approximate surface area is 53.2 Å². The van der Waals surface area contributed by atoms with Gasteiger partial charge in [0, 0.05) is 0 Å². The summed E-state index contributed by atoms with van der Waals surface area (Å²) in [4.78, 5) is 0. The number of rotatable bonds is 0. The Morgan fingerprint density at radius 3 is 1.00 bits per heavy atom. The molecule has 35 valence electrons. The van der Waals surface area contributed by atoms with Crippen molar-refractivity contribution in [2.24, 2.45) is 0 Å². The molecule has 0 aliphatic heterocycles. The normalized spacial score (nSPS) is 9.00. The average molecular weight is 322 g/mol. The van der Waals surface area contributed by atoms with E-state index in [2.05, 4.69) is 0 Å². The molecule has 0 aromatic carbocycles. The predicted octanol–water partition coefficient (Wildman–Crippen LogP) is 0.342. The zero-order valence-electron chi connectivity index (χ0n) is 2.19. The van der Waals surface area contributed by atoms with Crippen molar-refractivity contribution < 1.29 is 25.9 Å². The first-order valence-corrected chi connectivity index (χ1v) is 1.65. The van der Waals surface area contributed by atoms with Gasteiger partial charge in [-0.2, -0.15) is 0 Å². The number of hydrogen-bond acceptors (Lipinski definition) is 0. The van der Waals surface area contributed by atoms with E-state index in [1.54, 1.807) is 0 Å². The molecule has 5 heteroatoms. The summed E-state index contributed by atoms with van der Waals surface area (Å²) in [5.41, 5.74) is 0. The first-order valence-electron chi connectivity index (χ1n) is 0.401. The summed E-state index contributed by atoms with van der Waals surface area (Å²) in [6.45, 7) is 0. The van der Waals surface area contributed by atoms with Crippen molar-refractivity contribution in [3.05, 3.63) is 0 Å². The third kappa shape index (κ3) is 36.0. The van der Waals surface area contributed by atoms with Crippen LogP contribution in [0.15, 0.2) is 0 Å². The molecule has 0 spiro atoms. The van der Waals surface area contributed by atoms with Crippen molar-refractivity contribution in [2.45, 2.75) is 0 Å². The van der Waals surface area contributed by atoms with Crippen LogP contribution in [0.4, 0.5) is 10.7 Å². The molecule has 0 aromatic rings. The third-order valence-electron chi connectivity index (χ3n) is 0. The summed E-state index contributed by atoms with van der Waals surface area (Å²) in [5.74, 6) is 0. The second-order valence-electron chi connectivity index (χ2n) is 0.152. The zero-order valence-corrected chi connectivity index (χ0v) is 8.80. The maximum atomic E-state index is 9.75. The van der Waals surface area contributed by atoms with E-state index in [-0.39, 0.29) is 27.3 Å². The van der Waals surface area contributed by atoms with Crippen molar-refractivity contribution in [2.75, 3.05) is 0 Å². The molecule has 0 nitrogen and oxygen atoms in total. The molecule has 0 rings (SSSR count). The minimum atomic E-state index is -4.25. The molecule has 0 N–H and O–H groups in total. The fourth-order valence-electron chi connectivity index (χ4n) is 0. The van der Waals surface area contributed by atoms with Crippen molar-refractivity contribution >= 4 is 27.3 Å². The topological polar surface area (TPSA) is 0 Å². The van der Waals surface area contributed by atoms with Gasteiger partial charge in [0.05, 0.1) is 0 Å². The molecule has 2 radical (unpaired) electrons. The van der Waals surface area contributed by atoms with Crippen LogP contribution < -0.4 is 0 Å². The molecule has 0 amide bonds. The van der Waals surface area contributed by atoms with Gasteiger partial charge in [0.15, 0.2) is 0 Å². The molecule has 0 aromatic heterocycles. The minimum absolute atomic E-state index is 0. The van der Waals surface area contributed by atoms with Gasteiger partial charge >= 0.3 is 53.2 Å². The van der Waals surface area contributed by atoms with Crippen LogP contribution in [0.5, 0.6) is 0 Å².